The number of hydrogen-bond donors (Lipinski definition) is 1. The van der Waals surface area contributed by atoms with E-state index < -0.39 is 0 Å². The third-order valence-electron chi connectivity index (χ3n) is 3.81. The summed E-state index contributed by atoms with van der Waals surface area (Å²) >= 11 is 6.06. The lowest BCUT2D eigenvalue weighted by Crippen LogP contribution is -2.17. The first-order valence-corrected chi connectivity index (χ1v) is 7.82. The normalized spacial score (nSPS) is 10.9. The fourth-order valence-electron chi connectivity index (χ4n) is 2.62. The van der Waals surface area contributed by atoms with E-state index in [1.165, 1.54) is 0 Å². The van der Waals surface area contributed by atoms with Crippen molar-refractivity contribution in [1.82, 2.24) is 14.8 Å². The highest BCUT2D eigenvalue weighted by Crippen LogP contribution is 2.28. The minimum atomic E-state index is -0.238. The first kappa shape index (κ1) is 16.3. The van der Waals surface area contributed by atoms with E-state index in [2.05, 4.69) is 15.4 Å². The van der Waals surface area contributed by atoms with Crippen molar-refractivity contribution in [3.8, 4) is 0 Å². The molecule has 0 saturated carbocycles. The van der Waals surface area contributed by atoms with E-state index in [0.29, 0.717) is 16.3 Å². The van der Waals surface area contributed by atoms with Gasteiger partial charge in [0.05, 0.1) is 22.6 Å². The van der Waals surface area contributed by atoms with Crippen LogP contribution in [-0.2, 0) is 7.05 Å². The van der Waals surface area contributed by atoms with Crippen LogP contribution in [0.2, 0.25) is 5.02 Å². The Hall–Kier alpha value is -2.60. The molecule has 0 aliphatic carbocycles. The maximum absolute atomic E-state index is 12.6. The standard InChI is InChI=1S/C17H18ClN5O/c1-10-13-7-11(9-19-16(13)23(4)21-10)17(24)20-14-8-12(18)5-6-15(14)22(2)3/h5-9H,1-4H3,(H,20,24). The lowest BCUT2D eigenvalue weighted by molar-refractivity contribution is 0.102. The highest BCUT2D eigenvalue weighted by molar-refractivity contribution is 6.31. The zero-order chi connectivity index (χ0) is 17.4. The van der Waals surface area contributed by atoms with Crippen molar-refractivity contribution in [2.24, 2.45) is 7.05 Å². The molecule has 24 heavy (non-hydrogen) atoms. The molecule has 1 aromatic carbocycles. The smallest absolute Gasteiger partial charge is 0.257 e. The molecule has 124 valence electrons. The first-order chi connectivity index (χ1) is 11.4. The van der Waals surface area contributed by atoms with Crippen molar-refractivity contribution >= 4 is 39.9 Å². The number of pyridine rings is 1. The molecule has 0 aliphatic rings. The maximum Gasteiger partial charge on any atom is 0.257 e. The highest BCUT2D eigenvalue weighted by atomic mass is 35.5. The number of fused-ring (bicyclic) bond motifs is 1. The molecule has 0 bridgehead atoms. The monoisotopic (exact) mass is 343 g/mol. The van der Waals surface area contributed by atoms with E-state index >= 15 is 0 Å². The summed E-state index contributed by atoms with van der Waals surface area (Å²) in [4.78, 5) is 18.9. The molecule has 0 unspecified atom stereocenters. The SMILES string of the molecule is Cc1nn(C)c2ncc(C(=O)Nc3cc(Cl)ccc3N(C)C)cc12. The Morgan fingerprint density at radius 3 is 2.75 bits per heavy atom. The van der Waals surface area contributed by atoms with Gasteiger partial charge in [-0.15, -0.1) is 0 Å². The van der Waals surface area contributed by atoms with Crippen LogP contribution < -0.4 is 10.2 Å². The van der Waals surface area contributed by atoms with Crippen LogP contribution in [0, 0.1) is 6.92 Å². The Morgan fingerprint density at radius 2 is 2.04 bits per heavy atom. The lowest BCUT2D eigenvalue weighted by atomic mass is 10.2. The number of benzene rings is 1. The topological polar surface area (TPSA) is 63.1 Å². The molecule has 1 N–H and O–H groups in total. The van der Waals surface area contributed by atoms with E-state index in [4.69, 9.17) is 11.6 Å². The number of amides is 1. The van der Waals surface area contributed by atoms with Gasteiger partial charge in [-0.3, -0.25) is 9.48 Å². The predicted octanol–water partition coefficient (Wildman–Crippen LogP) is 3.25. The van der Waals surface area contributed by atoms with Crippen LogP contribution in [0.3, 0.4) is 0 Å². The van der Waals surface area contributed by atoms with Crippen LogP contribution in [0.5, 0.6) is 0 Å². The Balaban J connectivity index is 1.96. The zero-order valence-electron chi connectivity index (χ0n) is 14.0. The van der Waals surface area contributed by atoms with Crippen molar-refractivity contribution in [3.63, 3.8) is 0 Å². The molecule has 2 aromatic heterocycles. The summed E-state index contributed by atoms with van der Waals surface area (Å²) in [5.74, 6) is -0.238. The third-order valence-corrected chi connectivity index (χ3v) is 4.05. The van der Waals surface area contributed by atoms with Crippen LogP contribution >= 0.6 is 11.6 Å². The fraction of sp³-hybridized carbons (Fsp3) is 0.235. The van der Waals surface area contributed by atoms with Crippen LogP contribution in [0.4, 0.5) is 11.4 Å². The second kappa shape index (κ2) is 6.13. The van der Waals surface area contributed by atoms with E-state index in [0.717, 1.165) is 22.4 Å². The Labute approximate surface area is 145 Å². The average Bonchev–Trinajstić information content (AvgIpc) is 2.81. The minimum absolute atomic E-state index is 0.238. The van der Waals surface area contributed by atoms with Crippen LogP contribution in [0.25, 0.3) is 11.0 Å². The second-order valence-electron chi connectivity index (χ2n) is 5.81. The number of aryl methyl sites for hydroxylation is 2. The van der Waals surface area contributed by atoms with Crippen molar-refractivity contribution in [2.45, 2.75) is 6.92 Å². The van der Waals surface area contributed by atoms with Gasteiger partial charge in [-0.05, 0) is 31.2 Å². The molecule has 0 saturated heterocycles. The van der Waals surface area contributed by atoms with Crippen molar-refractivity contribution in [3.05, 3.63) is 46.7 Å². The maximum atomic E-state index is 12.6. The average molecular weight is 344 g/mol. The van der Waals surface area contributed by atoms with E-state index in [9.17, 15) is 4.79 Å². The van der Waals surface area contributed by atoms with E-state index in [1.807, 2.05) is 39.0 Å². The van der Waals surface area contributed by atoms with Crippen molar-refractivity contribution < 1.29 is 4.79 Å². The van der Waals surface area contributed by atoms with Gasteiger partial charge in [-0.2, -0.15) is 5.10 Å². The van der Waals surface area contributed by atoms with Gasteiger partial charge in [0.2, 0.25) is 0 Å². The van der Waals surface area contributed by atoms with Gasteiger partial charge in [0.25, 0.3) is 5.91 Å². The van der Waals surface area contributed by atoms with Crippen molar-refractivity contribution in [2.75, 3.05) is 24.3 Å². The number of aromatic nitrogens is 3. The number of nitrogens with zero attached hydrogens (tertiary/aromatic N) is 4. The Bertz CT molecular complexity index is 932. The summed E-state index contributed by atoms with van der Waals surface area (Å²) in [5, 5.41) is 8.66. The van der Waals surface area contributed by atoms with E-state index in [-0.39, 0.29) is 5.91 Å². The molecule has 0 atom stereocenters. The number of rotatable bonds is 3. The summed E-state index contributed by atoms with van der Waals surface area (Å²) in [6, 6.07) is 7.19. The van der Waals surface area contributed by atoms with Crippen LogP contribution in [0.1, 0.15) is 16.1 Å². The molecule has 3 rings (SSSR count). The van der Waals surface area contributed by atoms with Gasteiger partial charge >= 0.3 is 0 Å². The minimum Gasteiger partial charge on any atom is -0.376 e. The molecule has 2 heterocycles. The van der Waals surface area contributed by atoms with Gasteiger partial charge in [0, 0.05) is 37.7 Å². The van der Waals surface area contributed by atoms with Gasteiger partial charge in [-0.25, -0.2) is 4.98 Å². The third kappa shape index (κ3) is 2.92. The van der Waals surface area contributed by atoms with Gasteiger partial charge in [-0.1, -0.05) is 11.6 Å². The summed E-state index contributed by atoms with van der Waals surface area (Å²) in [7, 11) is 5.65. The Morgan fingerprint density at radius 1 is 1.29 bits per heavy atom. The second-order valence-corrected chi connectivity index (χ2v) is 6.25. The highest BCUT2D eigenvalue weighted by Gasteiger charge is 2.14. The molecule has 0 radical (unpaired) electrons. The summed E-state index contributed by atoms with van der Waals surface area (Å²) in [6.07, 6.45) is 1.55. The summed E-state index contributed by atoms with van der Waals surface area (Å²) in [5.41, 5.74) is 3.59. The fourth-order valence-corrected chi connectivity index (χ4v) is 2.80. The van der Waals surface area contributed by atoms with Crippen LogP contribution in [-0.4, -0.2) is 34.8 Å². The lowest BCUT2D eigenvalue weighted by Gasteiger charge is -2.18. The molecule has 0 aliphatic heterocycles. The molecule has 6 nitrogen and oxygen atoms in total. The molecular formula is C17H18ClN5O. The summed E-state index contributed by atoms with van der Waals surface area (Å²) < 4.78 is 1.70. The van der Waals surface area contributed by atoms with Gasteiger partial charge in [0.15, 0.2) is 5.65 Å². The van der Waals surface area contributed by atoms with Crippen molar-refractivity contribution in [1.29, 1.82) is 0 Å². The van der Waals surface area contributed by atoms with Crippen LogP contribution in [0.15, 0.2) is 30.5 Å². The number of carbonyl (C=O) groups is 1. The molecule has 3 aromatic rings. The molecule has 0 spiro atoms. The molecular weight excluding hydrogens is 326 g/mol. The Kier molecular flexibility index (Phi) is 4.15. The number of halogens is 1. The number of hydrogen-bond acceptors (Lipinski definition) is 4. The molecule has 1 amide bonds. The van der Waals surface area contributed by atoms with Gasteiger partial charge < -0.3 is 10.2 Å². The number of nitrogens with one attached hydrogen (secondary N) is 1. The van der Waals surface area contributed by atoms with E-state index in [1.54, 1.807) is 29.1 Å². The number of carbonyl (C=O) groups excluding carboxylic acids is 1. The zero-order valence-corrected chi connectivity index (χ0v) is 14.7. The quantitative estimate of drug-likeness (QED) is 0.793. The first-order valence-electron chi connectivity index (χ1n) is 7.44. The predicted molar refractivity (Wildman–Crippen MR) is 97.0 cm³/mol. The molecule has 7 heteroatoms. The summed E-state index contributed by atoms with van der Waals surface area (Å²) in [6.45, 7) is 1.90. The largest absolute Gasteiger partial charge is 0.376 e. The molecule has 0 fully saturated rings. The van der Waals surface area contributed by atoms with Gasteiger partial charge in [0.1, 0.15) is 0 Å². The number of anilines is 2.